The van der Waals surface area contributed by atoms with E-state index in [0.717, 1.165) is 63.5 Å². The van der Waals surface area contributed by atoms with E-state index in [2.05, 4.69) is 25.9 Å². The number of rotatable bonds is 4. The molecule has 4 heterocycles. The Morgan fingerprint density at radius 2 is 2.04 bits per heavy atom. The molecule has 0 aromatic carbocycles. The van der Waals surface area contributed by atoms with Gasteiger partial charge in [0, 0.05) is 44.8 Å². The van der Waals surface area contributed by atoms with E-state index in [-0.39, 0.29) is 11.9 Å². The van der Waals surface area contributed by atoms with E-state index < -0.39 is 0 Å². The standard InChI is InChI=1S/C19H23N5O2/c25-19(17-13-20-5-6-22-17)24-7-1-2-18(24)15-3-4-21-16(12-15)14-23-8-10-26-11-9-23/h3-6,12-13,18H,1-2,7-11,14H2/t18-/m1/s1. The number of carbonyl (C=O) groups excluding carboxylic acids is 1. The summed E-state index contributed by atoms with van der Waals surface area (Å²) in [5.74, 6) is -0.0489. The number of nitrogens with zero attached hydrogens (tertiary/aromatic N) is 5. The van der Waals surface area contributed by atoms with Crippen molar-refractivity contribution in [1.29, 1.82) is 0 Å². The monoisotopic (exact) mass is 353 g/mol. The molecule has 2 aromatic heterocycles. The molecule has 2 aliphatic heterocycles. The first kappa shape index (κ1) is 17.1. The normalized spacial score (nSPS) is 21.1. The van der Waals surface area contributed by atoms with Crippen LogP contribution in [0.4, 0.5) is 0 Å². The largest absolute Gasteiger partial charge is 0.379 e. The lowest BCUT2D eigenvalue weighted by molar-refractivity contribution is 0.0336. The van der Waals surface area contributed by atoms with Gasteiger partial charge >= 0.3 is 0 Å². The fraction of sp³-hybridized carbons (Fsp3) is 0.474. The van der Waals surface area contributed by atoms with E-state index in [9.17, 15) is 4.79 Å². The van der Waals surface area contributed by atoms with Crippen molar-refractivity contribution < 1.29 is 9.53 Å². The lowest BCUT2D eigenvalue weighted by Gasteiger charge is -2.27. The lowest BCUT2D eigenvalue weighted by atomic mass is 10.0. The van der Waals surface area contributed by atoms with Crippen LogP contribution in [0.15, 0.2) is 36.9 Å². The van der Waals surface area contributed by atoms with Crippen LogP contribution in [-0.4, -0.2) is 63.5 Å². The Labute approximate surface area is 153 Å². The zero-order valence-electron chi connectivity index (χ0n) is 14.8. The van der Waals surface area contributed by atoms with Gasteiger partial charge in [-0.05, 0) is 30.5 Å². The molecular formula is C19H23N5O2. The van der Waals surface area contributed by atoms with Crippen molar-refractivity contribution in [2.75, 3.05) is 32.8 Å². The van der Waals surface area contributed by atoms with Gasteiger partial charge < -0.3 is 9.64 Å². The number of pyridine rings is 1. The number of hydrogen-bond acceptors (Lipinski definition) is 6. The summed E-state index contributed by atoms with van der Waals surface area (Å²) in [6, 6.07) is 4.24. The summed E-state index contributed by atoms with van der Waals surface area (Å²) in [6.07, 6.45) is 8.50. The highest BCUT2D eigenvalue weighted by molar-refractivity contribution is 5.92. The number of carbonyl (C=O) groups is 1. The van der Waals surface area contributed by atoms with Gasteiger partial charge in [-0.1, -0.05) is 0 Å². The highest BCUT2D eigenvalue weighted by Crippen LogP contribution is 2.33. The third-order valence-corrected chi connectivity index (χ3v) is 5.01. The van der Waals surface area contributed by atoms with E-state index in [4.69, 9.17) is 4.74 Å². The van der Waals surface area contributed by atoms with Crippen LogP contribution in [0, 0.1) is 0 Å². The van der Waals surface area contributed by atoms with Gasteiger partial charge in [0.1, 0.15) is 5.69 Å². The SMILES string of the molecule is O=C(c1cnccn1)N1CCC[C@@H]1c1ccnc(CN2CCOCC2)c1. The molecular weight excluding hydrogens is 330 g/mol. The van der Waals surface area contributed by atoms with Gasteiger partial charge in [0.2, 0.25) is 0 Å². The van der Waals surface area contributed by atoms with Crippen LogP contribution in [0.1, 0.15) is 40.6 Å². The molecule has 0 N–H and O–H groups in total. The Morgan fingerprint density at radius 3 is 2.85 bits per heavy atom. The lowest BCUT2D eigenvalue weighted by Crippen LogP contribution is -2.36. The fourth-order valence-corrected chi connectivity index (χ4v) is 3.69. The van der Waals surface area contributed by atoms with Crippen LogP contribution in [-0.2, 0) is 11.3 Å². The van der Waals surface area contributed by atoms with Crippen LogP contribution in [0.3, 0.4) is 0 Å². The Balaban J connectivity index is 1.50. The second-order valence-corrected chi connectivity index (χ2v) is 6.72. The number of ether oxygens (including phenoxy) is 1. The molecule has 26 heavy (non-hydrogen) atoms. The molecule has 0 radical (unpaired) electrons. The first-order valence-electron chi connectivity index (χ1n) is 9.13. The maximum Gasteiger partial charge on any atom is 0.274 e. The Morgan fingerprint density at radius 1 is 1.15 bits per heavy atom. The quantitative estimate of drug-likeness (QED) is 0.833. The predicted molar refractivity (Wildman–Crippen MR) is 95.4 cm³/mol. The zero-order valence-corrected chi connectivity index (χ0v) is 14.8. The van der Waals surface area contributed by atoms with E-state index >= 15 is 0 Å². The topological polar surface area (TPSA) is 71.5 Å². The van der Waals surface area contributed by atoms with Crippen LogP contribution in [0.25, 0.3) is 0 Å². The van der Waals surface area contributed by atoms with Gasteiger partial charge in [0.05, 0.1) is 31.1 Å². The third-order valence-electron chi connectivity index (χ3n) is 5.01. The molecule has 1 atom stereocenters. The molecule has 2 saturated heterocycles. The molecule has 2 aromatic rings. The smallest absolute Gasteiger partial charge is 0.274 e. The molecule has 0 bridgehead atoms. The predicted octanol–water partition coefficient (Wildman–Crippen LogP) is 1.68. The minimum absolute atomic E-state index is 0.0489. The van der Waals surface area contributed by atoms with Gasteiger partial charge in [0.25, 0.3) is 5.91 Å². The maximum atomic E-state index is 12.8. The summed E-state index contributed by atoms with van der Waals surface area (Å²) in [7, 11) is 0. The summed E-state index contributed by atoms with van der Waals surface area (Å²) in [5, 5.41) is 0. The molecule has 136 valence electrons. The van der Waals surface area contributed by atoms with Crippen molar-refractivity contribution in [3.63, 3.8) is 0 Å². The fourth-order valence-electron chi connectivity index (χ4n) is 3.69. The van der Waals surface area contributed by atoms with Crippen molar-refractivity contribution in [3.8, 4) is 0 Å². The molecule has 2 fully saturated rings. The number of aromatic nitrogens is 3. The van der Waals surface area contributed by atoms with Crippen molar-refractivity contribution in [1.82, 2.24) is 24.8 Å². The number of hydrogen-bond donors (Lipinski definition) is 0. The van der Waals surface area contributed by atoms with Gasteiger partial charge in [-0.15, -0.1) is 0 Å². The molecule has 7 nitrogen and oxygen atoms in total. The Kier molecular flexibility index (Phi) is 5.17. The first-order chi connectivity index (χ1) is 12.8. The molecule has 0 spiro atoms. The Hall–Kier alpha value is -2.38. The van der Waals surface area contributed by atoms with Crippen LogP contribution in [0.5, 0.6) is 0 Å². The minimum atomic E-state index is -0.0489. The summed E-state index contributed by atoms with van der Waals surface area (Å²) in [4.78, 5) is 29.8. The average Bonchev–Trinajstić information content (AvgIpc) is 3.19. The number of likely N-dealkylation sites (tertiary alicyclic amines) is 1. The molecule has 0 saturated carbocycles. The van der Waals surface area contributed by atoms with Gasteiger partial charge in [-0.25, -0.2) is 4.98 Å². The van der Waals surface area contributed by atoms with Crippen molar-refractivity contribution in [2.45, 2.75) is 25.4 Å². The van der Waals surface area contributed by atoms with E-state index in [1.165, 1.54) is 6.20 Å². The second-order valence-electron chi connectivity index (χ2n) is 6.72. The first-order valence-corrected chi connectivity index (χ1v) is 9.13. The number of amides is 1. The van der Waals surface area contributed by atoms with Crippen molar-refractivity contribution in [3.05, 3.63) is 53.9 Å². The summed E-state index contributed by atoms with van der Waals surface area (Å²) < 4.78 is 5.41. The van der Waals surface area contributed by atoms with Crippen LogP contribution < -0.4 is 0 Å². The van der Waals surface area contributed by atoms with E-state index in [1.807, 2.05) is 17.2 Å². The maximum absolute atomic E-state index is 12.8. The molecule has 1 amide bonds. The Bertz CT molecular complexity index is 749. The summed E-state index contributed by atoms with van der Waals surface area (Å²) >= 11 is 0. The molecule has 4 rings (SSSR count). The highest BCUT2D eigenvalue weighted by Gasteiger charge is 2.31. The van der Waals surface area contributed by atoms with Crippen molar-refractivity contribution >= 4 is 5.91 Å². The van der Waals surface area contributed by atoms with Gasteiger partial charge in [0.15, 0.2) is 0 Å². The van der Waals surface area contributed by atoms with E-state index in [1.54, 1.807) is 12.4 Å². The highest BCUT2D eigenvalue weighted by atomic mass is 16.5. The minimum Gasteiger partial charge on any atom is -0.379 e. The molecule has 0 unspecified atom stereocenters. The average molecular weight is 353 g/mol. The van der Waals surface area contributed by atoms with Gasteiger partial charge in [-0.3, -0.25) is 19.7 Å². The summed E-state index contributed by atoms with van der Waals surface area (Å²) in [5.41, 5.74) is 2.60. The number of morpholine rings is 1. The van der Waals surface area contributed by atoms with Crippen molar-refractivity contribution in [2.24, 2.45) is 0 Å². The van der Waals surface area contributed by atoms with Crippen LogP contribution >= 0.6 is 0 Å². The third kappa shape index (κ3) is 3.73. The van der Waals surface area contributed by atoms with Crippen LogP contribution in [0.2, 0.25) is 0 Å². The molecule has 2 aliphatic rings. The second kappa shape index (κ2) is 7.88. The van der Waals surface area contributed by atoms with E-state index in [0.29, 0.717) is 5.69 Å². The summed E-state index contributed by atoms with van der Waals surface area (Å²) in [6.45, 7) is 5.01. The molecule has 0 aliphatic carbocycles. The zero-order chi connectivity index (χ0) is 17.8. The van der Waals surface area contributed by atoms with Gasteiger partial charge in [-0.2, -0.15) is 0 Å². The molecule has 7 heteroatoms.